The second kappa shape index (κ2) is 13.7. The molecular weight excluding hydrogens is 643 g/mol. The van der Waals surface area contributed by atoms with Gasteiger partial charge in [-0.25, -0.2) is 3.63 Å². The second-order valence-corrected chi connectivity index (χ2v) is 14.5. The zero-order valence-corrected chi connectivity index (χ0v) is 25.1. The Kier molecular flexibility index (Phi) is 11.2. The van der Waals surface area contributed by atoms with Gasteiger partial charge in [0.25, 0.3) is 0 Å². The van der Waals surface area contributed by atoms with Gasteiger partial charge in [0.2, 0.25) is 0 Å². The van der Waals surface area contributed by atoms with E-state index in [4.69, 9.17) is 3.63 Å². The van der Waals surface area contributed by atoms with Gasteiger partial charge in [-0.1, -0.05) is 87.6 Å². The molecule has 0 saturated heterocycles. The van der Waals surface area contributed by atoms with Gasteiger partial charge in [-0.15, -0.1) is 0 Å². The topological polar surface area (TPSA) is 43.4 Å². The molecular formula is C30H31F9O3S2. The molecule has 44 heavy (non-hydrogen) atoms. The number of aryl methyl sites for hydroxylation is 1. The summed E-state index contributed by atoms with van der Waals surface area (Å²) in [6, 6.07) is 19.3. The number of hydrogen-bond acceptors (Lipinski definition) is 3. The Balaban J connectivity index is 2.16. The summed E-state index contributed by atoms with van der Waals surface area (Å²) in [4.78, 5) is -0.354. The van der Waals surface area contributed by atoms with Crippen LogP contribution >= 0.6 is 10.3 Å². The minimum atomic E-state index is -7.43. The molecule has 14 heteroatoms. The highest BCUT2D eigenvalue weighted by molar-refractivity contribution is 8.33. The van der Waals surface area contributed by atoms with Crippen LogP contribution in [0.1, 0.15) is 51.0 Å². The zero-order chi connectivity index (χ0) is 32.9. The summed E-state index contributed by atoms with van der Waals surface area (Å²) >= 11 is 0. The Hall–Kier alpha value is -2.71. The van der Waals surface area contributed by atoms with Crippen molar-refractivity contribution in [1.82, 2.24) is 0 Å². The molecule has 0 aliphatic carbocycles. The van der Waals surface area contributed by atoms with Gasteiger partial charge >= 0.3 is 33.4 Å². The van der Waals surface area contributed by atoms with E-state index < -0.39 is 43.7 Å². The van der Waals surface area contributed by atoms with E-state index in [9.17, 15) is 47.9 Å². The van der Waals surface area contributed by atoms with Crippen molar-refractivity contribution in [1.29, 1.82) is 0 Å². The molecule has 0 heterocycles. The van der Waals surface area contributed by atoms with Crippen LogP contribution in [0.2, 0.25) is 0 Å². The van der Waals surface area contributed by atoms with Crippen LogP contribution in [0.5, 0.6) is 0 Å². The van der Waals surface area contributed by atoms with Gasteiger partial charge in [-0.2, -0.15) is 47.9 Å². The fraction of sp³-hybridized carbons (Fsp3) is 0.400. The molecule has 0 amide bonds. The van der Waals surface area contributed by atoms with Gasteiger partial charge in [-0.05, 0) is 65.1 Å². The summed E-state index contributed by atoms with van der Waals surface area (Å²) in [6.07, 6.45) is -0.526. The minimum absolute atomic E-state index is 0.105. The first kappa shape index (κ1) is 35.8. The normalized spacial score (nSPS) is 14.0. The van der Waals surface area contributed by atoms with Crippen LogP contribution in [-0.4, -0.2) is 31.7 Å². The quantitative estimate of drug-likeness (QED) is 0.119. The highest BCUT2D eigenvalue weighted by Crippen LogP contribution is 2.71. The third-order valence-electron chi connectivity index (χ3n) is 6.85. The third-order valence-corrected chi connectivity index (χ3v) is 12.1. The van der Waals surface area contributed by atoms with Crippen molar-refractivity contribution in [3.8, 4) is 0 Å². The highest BCUT2D eigenvalue weighted by Gasteiger charge is 2.86. The highest BCUT2D eigenvalue weighted by atomic mass is 32.3. The van der Waals surface area contributed by atoms with E-state index in [1.165, 1.54) is 72.8 Å². The first-order valence-electron chi connectivity index (χ1n) is 13.6. The van der Waals surface area contributed by atoms with E-state index in [0.717, 1.165) is 44.1 Å². The van der Waals surface area contributed by atoms with Crippen molar-refractivity contribution >= 4 is 20.4 Å². The molecule has 3 nitrogen and oxygen atoms in total. The van der Waals surface area contributed by atoms with Gasteiger partial charge in [0.1, 0.15) is 0 Å². The molecule has 0 saturated carbocycles. The van der Waals surface area contributed by atoms with Crippen LogP contribution in [-0.2, 0) is 20.2 Å². The van der Waals surface area contributed by atoms with E-state index in [-0.39, 0.29) is 14.7 Å². The predicted octanol–water partition coefficient (Wildman–Crippen LogP) is 10.6. The SMILES string of the molecule is CCCCCCCCc1ccc(S(OS(=O)(=O)C(F)(F)C(F)(F)C(F)(F)C(F)(F)F)(c2ccccc2)c2ccccc2)cc1. The molecule has 0 spiro atoms. The van der Waals surface area contributed by atoms with Crippen molar-refractivity contribution in [3.05, 3.63) is 90.5 Å². The lowest BCUT2D eigenvalue weighted by atomic mass is 10.1. The fourth-order valence-electron chi connectivity index (χ4n) is 4.40. The first-order valence-corrected chi connectivity index (χ1v) is 16.6. The van der Waals surface area contributed by atoms with Crippen LogP contribution in [0.25, 0.3) is 0 Å². The summed E-state index contributed by atoms with van der Waals surface area (Å²) in [5, 5.41) is -7.02. The lowest BCUT2D eigenvalue weighted by Gasteiger charge is -2.41. The fourth-order valence-corrected chi connectivity index (χ4v) is 9.62. The number of halogens is 9. The average Bonchev–Trinajstić information content (AvgIpc) is 2.98. The maximum atomic E-state index is 15.0. The Bertz CT molecular complexity index is 1410. The third kappa shape index (κ3) is 6.91. The van der Waals surface area contributed by atoms with E-state index in [1.807, 2.05) is 0 Å². The van der Waals surface area contributed by atoms with Crippen LogP contribution < -0.4 is 0 Å². The molecule has 3 aromatic carbocycles. The van der Waals surface area contributed by atoms with Crippen molar-refractivity contribution in [3.63, 3.8) is 0 Å². The monoisotopic (exact) mass is 674 g/mol. The summed E-state index contributed by atoms with van der Waals surface area (Å²) in [5.74, 6) is -14.9. The van der Waals surface area contributed by atoms with Gasteiger partial charge in [-0.3, -0.25) is 0 Å². The van der Waals surface area contributed by atoms with Crippen LogP contribution in [0.4, 0.5) is 39.5 Å². The maximum Gasteiger partial charge on any atom is 0.460 e. The molecule has 0 radical (unpaired) electrons. The van der Waals surface area contributed by atoms with Crippen LogP contribution in [0.3, 0.4) is 0 Å². The molecule has 0 bridgehead atoms. The number of hydrogen-bond donors (Lipinski definition) is 0. The molecule has 0 atom stereocenters. The van der Waals surface area contributed by atoms with Gasteiger partial charge in [0.05, 0.1) is 0 Å². The zero-order valence-electron chi connectivity index (χ0n) is 23.5. The van der Waals surface area contributed by atoms with Crippen molar-refractivity contribution in [2.45, 2.75) is 89.8 Å². The Morgan fingerprint density at radius 1 is 0.568 bits per heavy atom. The van der Waals surface area contributed by atoms with Crippen molar-refractivity contribution in [2.75, 3.05) is 0 Å². The maximum absolute atomic E-state index is 15.0. The van der Waals surface area contributed by atoms with Crippen molar-refractivity contribution < 1.29 is 51.6 Å². The van der Waals surface area contributed by atoms with Gasteiger partial charge < -0.3 is 0 Å². The molecule has 0 aliphatic rings. The van der Waals surface area contributed by atoms with E-state index >= 15 is 0 Å². The van der Waals surface area contributed by atoms with Gasteiger partial charge in [0.15, 0.2) is 0 Å². The van der Waals surface area contributed by atoms with Crippen molar-refractivity contribution in [2.24, 2.45) is 0 Å². The number of rotatable bonds is 15. The van der Waals surface area contributed by atoms with Gasteiger partial charge in [0, 0.05) is 14.7 Å². The number of unbranched alkanes of at least 4 members (excludes halogenated alkanes) is 5. The summed E-state index contributed by atoms with van der Waals surface area (Å²) < 4.78 is 155. The number of alkyl halides is 9. The Labute approximate surface area is 252 Å². The smallest absolute Gasteiger partial charge is 0.202 e. The predicted molar refractivity (Wildman–Crippen MR) is 150 cm³/mol. The van der Waals surface area contributed by atoms with E-state index in [2.05, 4.69) is 6.92 Å². The molecule has 3 rings (SSSR count). The van der Waals surface area contributed by atoms with Crippen LogP contribution in [0, 0.1) is 0 Å². The lowest BCUT2D eigenvalue weighted by molar-refractivity contribution is -0.382. The Morgan fingerprint density at radius 3 is 1.45 bits per heavy atom. The van der Waals surface area contributed by atoms with E-state index in [0.29, 0.717) is 6.42 Å². The summed E-state index contributed by atoms with van der Waals surface area (Å²) in [7, 11) is -11.2. The first-order chi connectivity index (χ1) is 20.5. The molecule has 0 N–H and O–H groups in total. The standard InChI is InChI=1S/C30H31F9O3S2/c1-2-3-4-5-6-9-14-23-19-21-26(22-20-23)43(24-15-10-7-11-16-24,25-17-12-8-13-18-25)42-44(40,41)30(38,39)28(33,34)27(31,32)29(35,36)37/h7-8,10-13,15-22H,2-6,9,14H2,1H3. The van der Waals surface area contributed by atoms with Crippen LogP contribution in [0.15, 0.2) is 99.6 Å². The number of benzene rings is 3. The molecule has 0 aliphatic heterocycles. The molecule has 3 aromatic rings. The molecule has 244 valence electrons. The minimum Gasteiger partial charge on any atom is -0.202 e. The Morgan fingerprint density at radius 2 is 1.00 bits per heavy atom. The molecule has 0 fully saturated rings. The largest absolute Gasteiger partial charge is 0.460 e. The summed E-state index contributed by atoms with van der Waals surface area (Å²) in [5.41, 5.74) is 0.781. The van der Waals surface area contributed by atoms with E-state index in [1.54, 1.807) is 12.1 Å². The molecule has 0 aromatic heterocycles. The lowest BCUT2D eigenvalue weighted by Crippen LogP contribution is -2.63. The average molecular weight is 675 g/mol. The summed E-state index contributed by atoms with van der Waals surface area (Å²) in [6.45, 7) is 2.09. The second-order valence-electron chi connectivity index (χ2n) is 10.0. The molecule has 0 unspecified atom stereocenters.